The van der Waals surface area contributed by atoms with Gasteiger partial charge in [0.2, 0.25) is 0 Å². The number of aryl methyl sites for hydroxylation is 2. The highest BCUT2D eigenvalue weighted by Crippen LogP contribution is 2.55. The lowest BCUT2D eigenvalue weighted by Crippen LogP contribution is -2.02. The van der Waals surface area contributed by atoms with Gasteiger partial charge in [-0.3, -0.25) is 0 Å². The van der Waals surface area contributed by atoms with E-state index in [1.165, 1.54) is 0 Å². The van der Waals surface area contributed by atoms with E-state index in [9.17, 15) is 0 Å². The molecule has 2 nitrogen and oxygen atoms in total. The maximum Gasteiger partial charge on any atom is 0.345 e. The van der Waals surface area contributed by atoms with E-state index >= 15 is 0 Å². The van der Waals surface area contributed by atoms with E-state index in [-0.39, 0.29) is 0 Å². The average Bonchev–Trinajstić information content (AvgIpc) is 2.45. The molecule has 136 valence electrons. The number of rotatable bonds is 6. The van der Waals surface area contributed by atoms with Crippen molar-refractivity contribution in [2.24, 2.45) is 0 Å². The molecule has 0 radical (unpaired) electrons. The molecule has 25 heavy (non-hydrogen) atoms. The van der Waals surface area contributed by atoms with E-state index in [0.717, 1.165) is 33.8 Å². The Balaban J connectivity index is 2.34. The standard InChI is InChI=1S/C20H27O2PS2/c1-13(2)17-9-7-15(5)11-19(17)21-23(24,25)22-20-12-16(6)8-10-18(20)14(3)4/h7-14H,1-6H3,(H,24,25). The second-order valence-electron chi connectivity index (χ2n) is 7.04. The van der Waals surface area contributed by atoms with Crippen LogP contribution in [0.2, 0.25) is 0 Å². The quantitative estimate of drug-likeness (QED) is 0.414. The molecule has 0 unspecified atom stereocenters. The lowest BCUT2D eigenvalue weighted by molar-refractivity contribution is 0.495. The van der Waals surface area contributed by atoms with Crippen molar-refractivity contribution in [3.05, 3.63) is 58.7 Å². The summed E-state index contributed by atoms with van der Waals surface area (Å²) >= 11 is 10.2. The molecule has 0 aromatic heterocycles. The third-order valence-corrected chi connectivity index (χ3v) is 5.80. The maximum atomic E-state index is 6.12. The largest absolute Gasteiger partial charge is 0.428 e. The van der Waals surface area contributed by atoms with Crippen LogP contribution < -0.4 is 9.05 Å². The zero-order valence-corrected chi connectivity index (χ0v) is 18.3. The van der Waals surface area contributed by atoms with Gasteiger partial charge in [0.25, 0.3) is 0 Å². The van der Waals surface area contributed by atoms with Crippen molar-refractivity contribution in [1.82, 2.24) is 0 Å². The number of thiol groups is 1. The van der Waals surface area contributed by atoms with Gasteiger partial charge in [-0.1, -0.05) is 64.2 Å². The average molecular weight is 395 g/mol. The molecule has 0 N–H and O–H groups in total. The Hall–Kier alpha value is -0.960. The van der Waals surface area contributed by atoms with Crippen molar-refractivity contribution >= 4 is 29.7 Å². The molecule has 2 aromatic carbocycles. The van der Waals surface area contributed by atoms with Crippen LogP contribution in [0, 0.1) is 13.8 Å². The minimum atomic E-state index is -2.78. The molecule has 0 aliphatic heterocycles. The van der Waals surface area contributed by atoms with Crippen LogP contribution in [0.15, 0.2) is 36.4 Å². The SMILES string of the molecule is Cc1ccc(C(C)C)c(OP(=S)(S)Oc2cc(C)ccc2C(C)C)c1. The Morgan fingerprint density at radius 3 is 1.48 bits per heavy atom. The van der Waals surface area contributed by atoms with Gasteiger partial charge in [0.1, 0.15) is 11.5 Å². The Labute approximate surface area is 162 Å². The molecule has 5 heteroatoms. The fourth-order valence-corrected chi connectivity index (χ4v) is 4.52. The monoisotopic (exact) mass is 394 g/mol. The molecule has 0 aliphatic carbocycles. The summed E-state index contributed by atoms with van der Waals surface area (Å²) in [6.07, 6.45) is 0. The van der Waals surface area contributed by atoms with Crippen molar-refractivity contribution in [1.29, 1.82) is 0 Å². The van der Waals surface area contributed by atoms with Crippen LogP contribution in [0.1, 0.15) is 61.8 Å². The van der Waals surface area contributed by atoms with Crippen LogP contribution >= 0.6 is 17.9 Å². The molecule has 0 heterocycles. The highest BCUT2D eigenvalue weighted by molar-refractivity contribution is 8.60. The summed E-state index contributed by atoms with van der Waals surface area (Å²) < 4.78 is 12.2. The van der Waals surface area contributed by atoms with E-state index in [0.29, 0.717) is 11.8 Å². The van der Waals surface area contributed by atoms with Crippen LogP contribution in [0.25, 0.3) is 0 Å². The van der Waals surface area contributed by atoms with Gasteiger partial charge in [0.15, 0.2) is 0 Å². The molecule has 2 aromatic rings. The van der Waals surface area contributed by atoms with Gasteiger partial charge in [-0.05, 0) is 71.9 Å². The van der Waals surface area contributed by atoms with Crippen molar-refractivity contribution in [3.63, 3.8) is 0 Å². The fourth-order valence-electron chi connectivity index (χ4n) is 2.66. The van der Waals surface area contributed by atoms with Crippen LogP contribution in [0.4, 0.5) is 0 Å². The van der Waals surface area contributed by atoms with E-state index in [1.54, 1.807) is 0 Å². The van der Waals surface area contributed by atoms with Crippen LogP contribution in [0.3, 0.4) is 0 Å². The lowest BCUT2D eigenvalue weighted by atomic mass is 10.0. The minimum Gasteiger partial charge on any atom is -0.428 e. The smallest absolute Gasteiger partial charge is 0.345 e. The predicted molar refractivity (Wildman–Crippen MR) is 115 cm³/mol. The minimum absolute atomic E-state index is 0.337. The van der Waals surface area contributed by atoms with Crippen LogP contribution in [0.5, 0.6) is 11.5 Å². The van der Waals surface area contributed by atoms with Gasteiger partial charge in [0.05, 0.1) is 0 Å². The van der Waals surface area contributed by atoms with Crippen molar-refractivity contribution < 1.29 is 9.05 Å². The summed E-state index contributed by atoms with van der Waals surface area (Å²) in [6.45, 7) is 12.6. The predicted octanol–water partition coefficient (Wildman–Crippen LogP) is 7.16. The van der Waals surface area contributed by atoms with Crippen LogP contribution in [-0.4, -0.2) is 0 Å². The second-order valence-corrected chi connectivity index (χ2v) is 12.2. The zero-order valence-electron chi connectivity index (χ0n) is 15.7. The number of benzene rings is 2. The van der Waals surface area contributed by atoms with Gasteiger partial charge in [-0.2, -0.15) is 0 Å². The zero-order chi connectivity index (χ0) is 18.8. The normalized spacial score (nSPS) is 11.9. The summed E-state index contributed by atoms with van der Waals surface area (Å²) in [5.41, 5.74) is 1.70. The summed E-state index contributed by atoms with van der Waals surface area (Å²) in [4.78, 5) is 0. The molecule has 0 spiro atoms. The first-order chi connectivity index (χ1) is 11.6. The molecule has 0 fully saturated rings. The molecular formula is C20H27O2PS2. The Kier molecular flexibility index (Phi) is 6.64. The molecule has 0 bridgehead atoms. The van der Waals surface area contributed by atoms with Crippen molar-refractivity contribution in [2.75, 3.05) is 0 Å². The van der Waals surface area contributed by atoms with E-state index < -0.39 is 5.69 Å². The van der Waals surface area contributed by atoms with Gasteiger partial charge < -0.3 is 9.05 Å². The summed E-state index contributed by atoms with van der Waals surface area (Å²) in [5.74, 6) is 2.22. The number of hydrogen-bond donors (Lipinski definition) is 1. The first-order valence-corrected chi connectivity index (χ1v) is 12.3. The highest BCUT2D eigenvalue weighted by Gasteiger charge is 2.22. The van der Waals surface area contributed by atoms with E-state index in [1.807, 2.05) is 26.0 Å². The first kappa shape index (κ1) is 20.4. The second kappa shape index (κ2) is 8.16. The van der Waals surface area contributed by atoms with E-state index in [4.69, 9.17) is 20.9 Å². The van der Waals surface area contributed by atoms with Crippen molar-refractivity contribution in [3.8, 4) is 11.5 Å². The van der Waals surface area contributed by atoms with Gasteiger partial charge in [-0.25, -0.2) is 0 Å². The third-order valence-electron chi connectivity index (χ3n) is 4.01. The molecule has 2 rings (SSSR count). The Morgan fingerprint density at radius 2 is 1.16 bits per heavy atom. The fraction of sp³-hybridized carbons (Fsp3) is 0.400. The highest BCUT2D eigenvalue weighted by atomic mass is 32.9. The summed E-state index contributed by atoms with van der Waals surface area (Å²) in [5, 5.41) is 0. The summed E-state index contributed by atoms with van der Waals surface area (Å²) in [6, 6.07) is 12.4. The Bertz CT molecular complexity index is 737. The Morgan fingerprint density at radius 1 is 0.800 bits per heavy atom. The number of hydrogen-bond acceptors (Lipinski definition) is 3. The molecule has 0 amide bonds. The van der Waals surface area contributed by atoms with Crippen molar-refractivity contribution in [2.45, 2.75) is 53.4 Å². The topological polar surface area (TPSA) is 18.5 Å². The molecule has 0 saturated heterocycles. The maximum absolute atomic E-state index is 6.12. The molecule has 0 aliphatic rings. The molecule has 0 saturated carbocycles. The third kappa shape index (κ3) is 5.51. The van der Waals surface area contributed by atoms with Gasteiger partial charge >= 0.3 is 5.69 Å². The van der Waals surface area contributed by atoms with Gasteiger partial charge in [-0.15, -0.1) is 0 Å². The van der Waals surface area contributed by atoms with Gasteiger partial charge in [0, 0.05) is 0 Å². The lowest BCUT2D eigenvalue weighted by Gasteiger charge is -2.24. The molecular weight excluding hydrogens is 367 g/mol. The van der Waals surface area contributed by atoms with E-state index in [2.05, 4.69) is 64.2 Å². The summed E-state index contributed by atoms with van der Waals surface area (Å²) in [7, 11) is 0. The first-order valence-electron chi connectivity index (χ1n) is 8.52. The van der Waals surface area contributed by atoms with Crippen LogP contribution in [-0.2, 0) is 11.8 Å². The molecule has 0 atom stereocenters.